The molecular weight excluding hydrogens is 186 g/mol. The summed E-state index contributed by atoms with van der Waals surface area (Å²) in [5.74, 6) is -0.449. The van der Waals surface area contributed by atoms with Crippen LogP contribution in [0.1, 0.15) is 23.8 Å². The molecule has 76 valence electrons. The van der Waals surface area contributed by atoms with Gasteiger partial charge in [0.15, 0.2) is 0 Å². The molecule has 0 saturated carbocycles. The van der Waals surface area contributed by atoms with Gasteiger partial charge in [0.1, 0.15) is 5.69 Å². The van der Waals surface area contributed by atoms with E-state index in [2.05, 4.69) is 10.3 Å². The smallest absolute Gasteiger partial charge is 0.326 e. The maximum Gasteiger partial charge on any atom is 0.326 e. The van der Waals surface area contributed by atoms with E-state index < -0.39 is 17.2 Å². The van der Waals surface area contributed by atoms with Crippen molar-refractivity contribution in [2.75, 3.05) is 6.54 Å². The standard InChI is InChI=1S/C8H11N3O3/c1-2-3-9-7(13)5-4-6(12)11-8(14)10-5/h4H,2-3H2,1H3,(H,9,13)(H2,10,11,12,14). The molecule has 0 atom stereocenters. The number of hydrogen-bond donors (Lipinski definition) is 3. The highest BCUT2D eigenvalue weighted by Gasteiger charge is 2.05. The van der Waals surface area contributed by atoms with Crippen molar-refractivity contribution in [3.63, 3.8) is 0 Å². The average Bonchev–Trinajstić information content (AvgIpc) is 2.12. The first kappa shape index (κ1) is 10.2. The molecule has 3 N–H and O–H groups in total. The van der Waals surface area contributed by atoms with Gasteiger partial charge in [-0.2, -0.15) is 0 Å². The van der Waals surface area contributed by atoms with E-state index in [1.165, 1.54) is 0 Å². The van der Waals surface area contributed by atoms with Gasteiger partial charge in [-0.15, -0.1) is 0 Å². The van der Waals surface area contributed by atoms with Crippen molar-refractivity contribution in [1.29, 1.82) is 0 Å². The van der Waals surface area contributed by atoms with E-state index in [9.17, 15) is 14.4 Å². The Hall–Kier alpha value is -1.85. The highest BCUT2D eigenvalue weighted by Crippen LogP contribution is 1.85. The van der Waals surface area contributed by atoms with Crippen molar-refractivity contribution in [2.45, 2.75) is 13.3 Å². The Kier molecular flexibility index (Phi) is 3.22. The lowest BCUT2D eigenvalue weighted by Crippen LogP contribution is -2.31. The van der Waals surface area contributed by atoms with Crippen LogP contribution in [0.3, 0.4) is 0 Å². The van der Waals surface area contributed by atoms with Crippen LogP contribution in [0.4, 0.5) is 0 Å². The Morgan fingerprint density at radius 1 is 1.43 bits per heavy atom. The molecule has 1 aromatic rings. The van der Waals surface area contributed by atoms with Gasteiger partial charge in [0.25, 0.3) is 11.5 Å². The number of carbonyl (C=O) groups is 1. The van der Waals surface area contributed by atoms with Crippen molar-refractivity contribution in [1.82, 2.24) is 15.3 Å². The number of amides is 1. The van der Waals surface area contributed by atoms with Crippen LogP contribution >= 0.6 is 0 Å². The van der Waals surface area contributed by atoms with E-state index in [1.54, 1.807) is 0 Å². The second-order valence-corrected chi connectivity index (χ2v) is 2.76. The Labute approximate surface area is 79.4 Å². The fourth-order valence-corrected chi connectivity index (χ4v) is 0.925. The van der Waals surface area contributed by atoms with Gasteiger partial charge < -0.3 is 10.3 Å². The summed E-state index contributed by atoms with van der Waals surface area (Å²) in [6.07, 6.45) is 0.791. The van der Waals surface area contributed by atoms with Gasteiger partial charge in [0, 0.05) is 12.6 Å². The molecule has 14 heavy (non-hydrogen) atoms. The van der Waals surface area contributed by atoms with Crippen LogP contribution in [0.5, 0.6) is 0 Å². The Bertz CT molecular complexity index is 404. The largest absolute Gasteiger partial charge is 0.351 e. The zero-order valence-corrected chi connectivity index (χ0v) is 7.72. The summed E-state index contributed by atoms with van der Waals surface area (Å²) in [4.78, 5) is 37.1. The van der Waals surface area contributed by atoms with Gasteiger partial charge >= 0.3 is 5.69 Å². The van der Waals surface area contributed by atoms with E-state index in [-0.39, 0.29) is 5.69 Å². The quantitative estimate of drug-likeness (QED) is 0.592. The molecule has 0 aromatic carbocycles. The van der Waals surface area contributed by atoms with E-state index in [1.807, 2.05) is 11.9 Å². The van der Waals surface area contributed by atoms with Gasteiger partial charge in [-0.1, -0.05) is 6.92 Å². The minimum Gasteiger partial charge on any atom is -0.351 e. The summed E-state index contributed by atoms with van der Waals surface area (Å²) in [5.41, 5.74) is -1.29. The van der Waals surface area contributed by atoms with Crippen LogP contribution in [0.2, 0.25) is 0 Å². The molecule has 0 radical (unpaired) electrons. The van der Waals surface area contributed by atoms with Gasteiger partial charge in [-0.3, -0.25) is 14.6 Å². The second-order valence-electron chi connectivity index (χ2n) is 2.76. The van der Waals surface area contributed by atoms with Crippen molar-refractivity contribution >= 4 is 5.91 Å². The van der Waals surface area contributed by atoms with Crippen LogP contribution < -0.4 is 16.6 Å². The monoisotopic (exact) mass is 197 g/mol. The maximum absolute atomic E-state index is 11.3. The summed E-state index contributed by atoms with van der Waals surface area (Å²) >= 11 is 0. The fraction of sp³-hybridized carbons (Fsp3) is 0.375. The first-order valence-corrected chi connectivity index (χ1v) is 4.25. The van der Waals surface area contributed by atoms with Crippen molar-refractivity contribution < 1.29 is 4.79 Å². The lowest BCUT2D eigenvalue weighted by Gasteiger charge is -2.01. The fourth-order valence-electron chi connectivity index (χ4n) is 0.925. The first-order valence-electron chi connectivity index (χ1n) is 4.25. The molecule has 0 fully saturated rings. The molecule has 6 nitrogen and oxygen atoms in total. The minimum atomic E-state index is -0.681. The molecule has 0 aliphatic rings. The average molecular weight is 197 g/mol. The summed E-state index contributed by atoms with van der Waals surface area (Å²) < 4.78 is 0. The van der Waals surface area contributed by atoms with E-state index in [4.69, 9.17) is 0 Å². The number of nitrogens with one attached hydrogen (secondary N) is 3. The third-order valence-corrected chi connectivity index (χ3v) is 1.54. The summed E-state index contributed by atoms with van der Waals surface area (Å²) in [7, 11) is 0. The zero-order valence-electron chi connectivity index (χ0n) is 7.72. The third-order valence-electron chi connectivity index (χ3n) is 1.54. The summed E-state index contributed by atoms with van der Waals surface area (Å²) in [6, 6.07) is 1.05. The SMILES string of the molecule is CCCNC(=O)c1cc(=O)[nH]c(=O)[nH]1. The molecule has 1 rings (SSSR count). The normalized spacial score (nSPS) is 9.79. The van der Waals surface area contributed by atoms with Gasteiger partial charge in [0.05, 0.1) is 0 Å². The molecule has 0 aliphatic heterocycles. The highest BCUT2D eigenvalue weighted by molar-refractivity contribution is 5.91. The number of H-pyrrole nitrogens is 2. The Morgan fingerprint density at radius 2 is 2.14 bits per heavy atom. The number of carbonyl (C=O) groups excluding carboxylic acids is 1. The first-order chi connectivity index (χ1) is 6.63. The molecule has 0 unspecified atom stereocenters. The maximum atomic E-state index is 11.3. The number of aromatic amines is 2. The van der Waals surface area contributed by atoms with Crippen LogP contribution in [-0.4, -0.2) is 22.4 Å². The summed E-state index contributed by atoms with van der Waals surface area (Å²) in [5, 5.41) is 2.54. The van der Waals surface area contributed by atoms with Crippen LogP contribution in [-0.2, 0) is 0 Å². The predicted molar refractivity (Wildman–Crippen MR) is 50.3 cm³/mol. The lowest BCUT2D eigenvalue weighted by atomic mass is 10.3. The molecule has 1 amide bonds. The molecule has 6 heteroatoms. The van der Waals surface area contributed by atoms with Gasteiger partial charge in [0.2, 0.25) is 0 Å². The molecular formula is C8H11N3O3. The number of rotatable bonds is 3. The van der Waals surface area contributed by atoms with Crippen molar-refractivity contribution in [2.24, 2.45) is 0 Å². The number of hydrogen-bond acceptors (Lipinski definition) is 3. The lowest BCUT2D eigenvalue weighted by molar-refractivity contribution is 0.0948. The van der Waals surface area contributed by atoms with E-state index in [0.717, 1.165) is 12.5 Å². The van der Waals surface area contributed by atoms with E-state index in [0.29, 0.717) is 6.54 Å². The van der Waals surface area contributed by atoms with Gasteiger partial charge in [-0.25, -0.2) is 4.79 Å². The molecule has 0 bridgehead atoms. The summed E-state index contributed by atoms with van der Waals surface area (Å²) in [6.45, 7) is 2.41. The topological polar surface area (TPSA) is 94.8 Å². The molecule has 0 saturated heterocycles. The van der Waals surface area contributed by atoms with Gasteiger partial charge in [-0.05, 0) is 6.42 Å². The van der Waals surface area contributed by atoms with Crippen LogP contribution in [0.15, 0.2) is 15.7 Å². The minimum absolute atomic E-state index is 0.0211. The second kappa shape index (κ2) is 4.40. The molecule has 1 aromatic heterocycles. The number of aromatic nitrogens is 2. The van der Waals surface area contributed by atoms with Crippen molar-refractivity contribution in [3.8, 4) is 0 Å². The molecule has 0 spiro atoms. The van der Waals surface area contributed by atoms with Crippen LogP contribution in [0, 0.1) is 0 Å². The Balaban J connectivity index is 2.90. The van der Waals surface area contributed by atoms with E-state index >= 15 is 0 Å². The van der Waals surface area contributed by atoms with Crippen LogP contribution in [0.25, 0.3) is 0 Å². The molecule has 0 aliphatic carbocycles. The van der Waals surface area contributed by atoms with Crippen molar-refractivity contribution in [3.05, 3.63) is 32.6 Å². The highest BCUT2D eigenvalue weighted by atomic mass is 16.2. The molecule has 1 heterocycles. The third kappa shape index (κ3) is 2.58. The zero-order chi connectivity index (χ0) is 10.6. The Morgan fingerprint density at radius 3 is 2.71 bits per heavy atom. The predicted octanol–water partition coefficient (Wildman–Crippen LogP) is -0.797.